The van der Waals surface area contributed by atoms with Gasteiger partial charge in [-0.1, -0.05) is 11.1 Å². The third kappa shape index (κ3) is 3.61. The molecular formula is C19H25N7. The summed E-state index contributed by atoms with van der Waals surface area (Å²) in [6.45, 7) is 5.98. The first-order valence-electron chi connectivity index (χ1n) is 9.30. The van der Waals surface area contributed by atoms with E-state index >= 15 is 0 Å². The van der Waals surface area contributed by atoms with Crippen LogP contribution in [0.15, 0.2) is 34.1 Å². The summed E-state index contributed by atoms with van der Waals surface area (Å²) in [7, 11) is 0. The third-order valence-electron chi connectivity index (χ3n) is 5.08. The number of anilines is 2. The molecule has 0 amide bonds. The van der Waals surface area contributed by atoms with Gasteiger partial charge in [0.15, 0.2) is 5.65 Å². The molecule has 0 saturated heterocycles. The number of H-pyrrole nitrogens is 1. The van der Waals surface area contributed by atoms with E-state index in [1.807, 2.05) is 0 Å². The summed E-state index contributed by atoms with van der Waals surface area (Å²) >= 11 is 0. The van der Waals surface area contributed by atoms with Crippen molar-refractivity contribution in [3.05, 3.63) is 29.1 Å². The van der Waals surface area contributed by atoms with Gasteiger partial charge >= 0.3 is 0 Å². The van der Waals surface area contributed by atoms with E-state index < -0.39 is 0 Å². The molecule has 2 aromatic rings. The van der Waals surface area contributed by atoms with E-state index in [1.165, 1.54) is 35.4 Å². The molecule has 1 aliphatic heterocycles. The number of aliphatic imine (C=N–C) groups is 1. The fourth-order valence-electron chi connectivity index (χ4n) is 3.32. The number of rotatable bonds is 5. The number of nitrogens with zero attached hydrogens (tertiary/aromatic N) is 4. The van der Waals surface area contributed by atoms with Crippen molar-refractivity contribution in [1.82, 2.24) is 20.2 Å². The van der Waals surface area contributed by atoms with Gasteiger partial charge in [0.1, 0.15) is 5.82 Å². The number of hydrogen-bond donors (Lipinski definition) is 3. The number of fused-ring (bicyclic) bond motifs is 1. The van der Waals surface area contributed by atoms with E-state index in [9.17, 15) is 0 Å². The Morgan fingerprint density at radius 1 is 1.12 bits per heavy atom. The smallest absolute Gasteiger partial charge is 0.227 e. The van der Waals surface area contributed by atoms with Gasteiger partial charge in [0.25, 0.3) is 0 Å². The largest absolute Gasteiger partial charge is 0.349 e. The molecule has 3 N–H and O–H groups in total. The van der Waals surface area contributed by atoms with Crippen LogP contribution < -0.4 is 10.6 Å². The van der Waals surface area contributed by atoms with Gasteiger partial charge < -0.3 is 10.6 Å². The highest BCUT2D eigenvalue weighted by Crippen LogP contribution is 2.27. The number of aromatic amines is 1. The summed E-state index contributed by atoms with van der Waals surface area (Å²) in [6.07, 6.45) is 9.51. The lowest BCUT2D eigenvalue weighted by atomic mass is 9.98. The minimum absolute atomic E-state index is 0.595. The van der Waals surface area contributed by atoms with E-state index in [4.69, 9.17) is 4.98 Å². The molecule has 136 valence electrons. The van der Waals surface area contributed by atoms with Gasteiger partial charge in [-0.3, -0.25) is 10.1 Å². The van der Waals surface area contributed by atoms with E-state index in [2.05, 4.69) is 50.7 Å². The predicted molar refractivity (Wildman–Crippen MR) is 106 cm³/mol. The van der Waals surface area contributed by atoms with Crippen molar-refractivity contribution < 1.29 is 0 Å². The monoisotopic (exact) mass is 351 g/mol. The first kappa shape index (κ1) is 16.8. The molecule has 3 heterocycles. The second-order valence-electron chi connectivity index (χ2n) is 7.04. The summed E-state index contributed by atoms with van der Waals surface area (Å²) < 4.78 is 0. The maximum Gasteiger partial charge on any atom is 0.227 e. The minimum Gasteiger partial charge on any atom is -0.349 e. The highest BCUT2D eigenvalue weighted by atomic mass is 15.2. The van der Waals surface area contributed by atoms with Crippen molar-refractivity contribution in [2.24, 2.45) is 4.99 Å². The third-order valence-corrected chi connectivity index (χ3v) is 5.08. The van der Waals surface area contributed by atoms with Crippen LogP contribution in [0.3, 0.4) is 0 Å². The number of aromatic nitrogens is 4. The molecule has 0 aromatic carbocycles. The van der Waals surface area contributed by atoms with Crippen molar-refractivity contribution in [1.29, 1.82) is 0 Å². The van der Waals surface area contributed by atoms with Gasteiger partial charge in [-0.25, -0.2) is 0 Å². The molecular weight excluding hydrogens is 326 g/mol. The van der Waals surface area contributed by atoms with Crippen LogP contribution in [-0.4, -0.2) is 39.0 Å². The fourth-order valence-corrected chi connectivity index (χ4v) is 3.32. The van der Waals surface area contributed by atoms with Crippen molar-refractivity contribution in [2.75, 3.05) is 23.7 Å². The van der Waals surface area contributed by atoms with Crippen LogP contribution in [0.25, 0.3) is 11.0 Å². The van der Waals surface area contributed by atoms with Crippen molar-refractivity contribution in [3.63, 3.8) is 0 Å². The van der Waals surface area contributed by atoms with Crippen molar-refractivity contribution in [3.8, 4) is 0 Å². The van der Waals surface area contributed by atoms with E-state index in [1.54, 1.807) is 6.20 Å². The summed E-state index contributed by atoms with van der Waals surface area (Å²) in [5.41, 5.74) is 5.88. The second kappa shape index (κ2) is 7.27. The van der Waals surface area contributed by atoms with Gasteiger partial charge in [0, 0.05) is 18.0 Å². The molecule has 0 bridgehead atoms. The molecule has 0 radical (unpaired) electrons. The zero-order chi connectivity index (χ0) is 17.9. The first-order chi connectivity index (χ1) is 12.7. The number of nitrogens with one attached hydrogen (secondary N) is 3. The van der Waals surface area contributed by atoms with Crippen LogP contribution in [0.2, 0.25) is 0 Å². The van der Waals surface area contributed by atoms with Crippen LogP contribution in [0.4, 0.5) is 11.8 Å². The summed E-state index contributed by atoms with van der Waals surface area (Å²) in [5.74, 6) is 1.38. The van der Waals surface area contributed by atoms with Crippen LogP contribution in [0.5, 0.6) is 0 Å². The number of allylic oxidation sites excluding steroid dienone is 4. The lowest BCUT2D eigenvalue weighted by molar-refractivity contribution is 0.732. The molecule has 7 heteroatoms. The standard InChI is InChI=1S/C19H25N7/c1-12-6-7-14(9-13(12)2)23-17-16-11-22-26-18(16)25-19(24-17)21-10-15-5-3-4-8-20-15/h9,11H,3-8,10H2,1-2H3,(H3,21,22,23,24,25,26). The normalized spacial score (nSPS) is 17.9. The Hall–Kier alpha value is -2.70. The Morgan fingerprint density at radius 2 is 2.04 bits per heavy atom. The molecule has 26 heavy (non-hydrogen) atoms. The van der Waals surface area contributed by atoms with Gasteiger partial charge in [-0.2, -0.15) is 15.1 Å². The van der Waals surface area contributed by atoms with Crippen LogP contribution in [-0.2, 0) is 0 Å². The van der Waals surface area contributed by atoms with Crippen molar-refractivity contribution in [2.45, 2.75) is 46.0 Å². The predicted octanol–water partition coefficient (Wildman–Crippen LogP) is 3.82. The summed E-state index contributed by atoms with van der Waals surface area (Å²) in [5, 5.41) is 14.8. The zero-order valence-corrected chi connectivity index (χ0v) is 15.4. The van der Waals surface area contributed by atoms with Crippen LogP contribution in [0, 0.1) is 0 Å². The quantitative estimate of drug-likeness (QED) is 0.762. The molecule has 2 aromatic heterocycles. The number of hydrogen-bond acceptors (Lipinski definition) is 6. The second-order valence-corrected chi connectivity index (χ2v) is 7.04. The zero-order valence-electron chi connectivity index (χ0n) is 15.4. The molecule has 2 aliphatic rings. The maximum atomic E-state index is 4.69. The Bertz CT molecular complexity index is 904. The highest BCUT2D eigenvalue weighted by molar-refractivity contribution is 5.90. The SMILES string of the molecule is CC1=C(C)CCC(Nc2nc(NCC3=NCCCC3)nc3[nH]ncc23)=C1. The first-order valence-corrected chi connectivity index (χ1v) is 9.30. The Labute approximate surface area is 153 Å². The maximum absolute atomic E-state index is 4.69. The highest BCUT2D eigenvalue weighted by Gasteiger charge is 2.14. The molecule has 0 spiro atoms. The fraction of sp³-hybridized carbons (Fsp3) is 0.474. The van der Waals surface area contributed by atoms with E-state index in [0.717, 1.165) is 42.7 Å². The summed E-state index contributed by atoms with van der Waals surface area (Å²) in [6, 6.07) is 0. The molecule has 0 atom stereocenters. The average Bonchev–Trinajstić information content (AvgIpc) is 3.13. The van der Waals surface area contributed by atoms with Gasteiger partial charge in [-0.15, -0.1) is 0 Å². The van der Waals surface area contributed by atoms with Crippen LogP contribution >= 0.6 is 0 Å². The van der Waals surface area contributed by atoms with Gasteiger partial charge in [0.05, 0.1) is 18.1 Å². The lowest BCUT2D eigenvalue weighted by Crippen LogP contribution is -2.19. The average molecular weight is 351 g/mol. The molecule has 7 nitrogen and oxygen atoms in total. The Morgan fingerprint density at radius 3 is 2.85 bits per heavy atom. The molecule has 4 rings (SSSR count). The van der Waals surface area contributed by atoms with E-state index in [0.29, 0.717) is 12.5 Å². The van der Waals surface area contributed by atoms with Gasteiger partial charge in [0.2, 0.25) is 5.95 Å². The molecule has 0 fully saturated rings. The van der Waals surface area contributed by atoms with Gasteiger partial charge in [-0.05, 0) is 52.0 Å². The van der Waals surface area contributed by atoms with Crippen LogP contribution in [0.1, 0.15) is 46.0 Å². The minimum atomic E-state index is 0.595. The topological polar surface area (TPSA) is 90.9 Å². The molecule has 0 saturated carbocycles. The van der Waals surface area contributed by atoms with E-state index in [-0.39, 0.29) is 0 Å². The molecule has 0 unspecified atom stereocenters. The lowest BCUT2D eigenvalue weighted by Gasteiger charge is -2.18. The summed E-state index contributed by atoms with van der Waals surface area (Å²) in [4.78, 5) is 13.8. The Balaban J connectivity index is 1.57. The Kier molecular flexibility index (Phi) is 4.69. The van der Waals surface area contributed by atoms with Crippen molar-refractivity contribution >= 4 is 28.5 Å². The molecule has 1 aliphatic carbocycles.